The maximum atomic E-state index is 15.2. The van der Waals surface area contributed by atoms with Gasteiger partial charge in [0.15, 0.2) is 11.5 Å². The number of para-hydroxylation sites is 1. The van der Waals surface area contributed by atoms with E-state index >= 15 is 4.79 Å². The Bertz CT molecular complexity index is 2370. The van der Waals surface area contributed by atoms with Gasteiger partial charge in [0, 0.05) is 67.1 Å². The summed E-state index contributed by atoms with van der Waals surface area (Å²) >= 11 is 0. The van der Waals surface area contributed by atoms with Crippen LogP contribution in [0.15, 0.2) is 97.1 Å². The van der Waals surface area contributed by atoms with Gasteiger partial charge in [0.1, 0.15) is 13.6 Å². The van der Waals surface area contributed by atoms with Crippen LogP contribution in [-0.4, -0.2) is 71.9 Å². The van der Waals surface area contributed by atoms with Crippen LogP contribution >= 0.6 is 7.82 Å². The number of hydrogen-bond donors (Lipinski definition) is 0. The smallest absolute Gasteiger partial charge is 0.780 e. The van der Waals surface area contributed by atoms with Gasteiger partial charge in [-0.3, -0.25) is 19.4 Å². The fraction of sp³-hybridized carbons (Fsp3) is 0.302. The van der Waals surface area contributed by atoms with E-state index in [2.05, 4.69) is 32.2 Å². The van der Waals surface area contributed by atoms with Crippen molar-refractivity contribution in [3.8, 4) is 28.5 Å². The number of rotatable bonds is 9. The molecule has 5 heterocycles. The zero-order valence-electron chi connectivity index (χ0n) is 33.2. The van der Waals surface area contributed by atoms with Gasteiger partial charge in [-0.15, -0.1) is 0 Å². The Morgan fingerprint density at radius 3 is 2.20 bits per heavy atom. The molecule has 0 radical (unpaired) electrons. The minimum absolute atomic E-state index is 0. The number of benzene rings is 4. The molecule has 2 amide bonds. The largest absolute Gasteiger partial charge is 1.00 e. The summed E-state index contributed by atoms with van der Waals surface area (Å²) in [5.74, 6) is 0.448. The van der Waals surface area contributed by atoms with E-state index in [0.29, 0.717) is 72.3 Å². The van der Waals surface area contributed by atoms with Gasteiger partial charge in [0.25, 0.3) is 11.8 Å². The molecule has 4 aliphatic heterocycles. The number of nitrogens with zero attached hydrogens (tertiary/aromatic N) is 4. The number of ether oxygens (including phenoxy) is 3. The zero-order valence-corrected chi connectivity index (χ0v) is 38.1. The first-order valence-corrected chi connectivity index (χ1v) is 20.7. The molecule has 5 aromatic rings. The second-order valence-electron chi connectivity index (χ2n) is 14.7. The number of phosphoric acid groups is 1. The van der Waals surface area contributed by atoms with Crippen LogP contribution in [0, 0.1) is 0 Å². The van der Waals surface area contributed by atoms with Gasteiger partial charge in [0.2, 0.25) is 6.79 Å². The molecule has 1 saturated heterocycles. The molecule has 1 fully saturated rings. The summed E-state index contributed by atoms with van der Waals surface area (Å²) < 4.78 is 35.4. The maximum Gasteiger partial charge on any atom is 1.00 e. The molecule has 59 heavy (non-hydrogen) atoms. The topological polar surface area (TPSA) is 149 Å². The van der Waals surface area contributed by atoms with Crippen molar-refractivity contribution in [1.82, 2.24) is 14.4 Å². The summed E-state index contributed by atoms with van der Waals surface area (Å²) in [6.45, 7) is 4.82. The summed E-state index contributed by atoms with van der Waals surface area (Å²) in [4.78, 5) is 58.7. The molecule has 0 unspecified atom stereocenters. The fourth-order valence-electron chi connectivity index (χ4n) is 8.51. The second-order valence-corrected chi connectivity index (χ2v) is 15.8. The molecule has 13 nitrogen and oxygen atoms in total. The molecule has 16 heteroatoms. The molecule has 0 saturated carbocycles. The standard InChI is InChI=1S/C43H43N4O9P.2Na/c48-42(46-26-30-9-5-4-8-29(30)22-33(46)27-44-18-20-53-21-19-44)36-25-41-40(54-28-55-41)24-35(36)39-23-37(38-12-6-7-17-45(38)39)43(49)47(31-10-2-1-3-11-31)32-13-15-34(16-14-32)56-57(50,51)52;;/h1-5,8-11,13-16,23-25,33H,6-7,12,17-22,26-28H2,(H2,50,51,52);;/q;2*+1/p-2/t33-;;/m0../s1. The third kappa shape index (κ3) is 9.27. The third-order valence-electron chi connectivity index (χ3n) is 11.2. The number of aromatic nitrogens is 1. The average Bonchev–Trinajstić information content (AvgIpc) is 3.85. The third-order valence-corrected chi connectivity index (χ3v) is 11.7. The van der Waals surface area contributed by atoms with Crippen molar-refractivity contribution in [2.24, 2.45) is 0 Å². The van der Waals surface area contributed by atoms with Gasteiger partial charge in [-0.2, -0.15) is 0 Å². The van der Waals surface area contributed by atoms with E-state index in [1.54, 1.807) is 11.0 Å². The fourth-order valence-corrected chi connectivity index (χ4v) is 8.89. The maximum absolute atomic E-state index is 15.2. The van der Waals surface area contributed by atoms with E-state index in [1.165, 1.54) is 29.8 Å². The molecule has 0 spiro atoms. The zero-order chi connectivity index (χ0) is 39.1. The Labute approximate surface area is 387 Å². The Morgan fingerprint density at radius 1 is 0.797 bits per heavy atom. The molecular weight excluding hydrogens is 793 g/mol. The average molecular weight is 835 g/mol. The number of phosphoric ester groups is 1. The number of carbonyl (C=O) groups excluding carboxylic acids is 2. The van der Waals surface area contributed by atoms with Crippen LogP contribution in [-0.2, 0) is 35.2 Å². The first kappa shape index (κ1) is 43.7. The Morgan fingerprint density at radius 2 is 1.47 bits per heavy atom. The van der Waals surface area contributed by atoms with E-state index in [0.717, 1.165) is 55.8 Å². The molecule has 4 aliphatic rings. The van der Waals surface area contributed by atoms with Crippen molar-refractivity contribution >= 4 is 31.0 Å². The van der Waals surface area contributed by atoms with E-state index in [-0.39, 0.29) is 89.5 Å². The van der Waals surface area contributed by atoms with Gasteiger partial charge < -0.3 is 42.6 Å². The summed E-state index contributed by atoms with van der Waals surface area (Å²) in [6.07, 6.45) is 3.16. The van der Waals surface area contributed by atoms with Crippen LogP contribution in [0.5, 0.6) is 17.2 Å². The van der Waals surface area contributed by atoms with Crippen molar-refractivity contribution in [3.63, 3.8) is 0 Å². The molecule has 4 aromatic carbocycles. The SMILES string of the molecule is O=C(c1cc(-c2cc3c(cc2C(=O)N2Cc4ccccc4C[C@H]2CN2CCOCC2)OCO3)n2c1CCCC2)N(c1ccccc1)c1ccc(OP(=O)([O-])[O-])cc1.[Na+].[Na+]. The summed E-state index contributed by atoms with van der Waals surface area (Å²) in [6, 6.07) is 28.7. The molecule has 1 aromatic heterocycles. The summed E-state index contributed by atoms with van der Waals surface area (Å²) in [5, 5.41) is 0. The summed E-state index contributed by atoms with van der Waals surface area (Å²) in [7, 11) is -5.28. The number of carbonyl (C=O) groups is 2. The second kappa shape index (κ2) is 18.7. The molecule has 0 aliphatic carbocycles. The number of amides is 2. The number of morpholine rings is 1. The van der Waals surface area contributed by atoms with Crippen LogP contribution in [0.25, 0.3) is 11.3 Å². The number of anilines is 2. The van der Waals surface area contributed by atoms with Crippen molar-refractivity contribution in [2.75, 3.05) is 44.5 Å². The van der Waals surface area contributed by atoms with Crippen LogP contribution in [0.4, 0.5) is 11.4 Å². The first-order valence-electron chi connectivity index (χ1n) is 19.3. The van der Waals surface area contributed by atoms with E-state index in [4.69, 9.17) is 14.2 Å². The first-order chi connectivity index (χ1) is 27.7. The normalized spacial score (nSPS) is 17.2. The quantitative estimate of drug-likeness (QED) is 0.138. The Hall–Kier alpha value is -3.43. The summed E-state index contributed by atoms with van der Waals surface area (Å²) in [5.41, 5.74) is 6.59. The van der Waals surface area contributed by atoms with Gasteiger partial charge in [-0.25, -0.2) is 0 Å². The van der Waals surface area contributed by atoms with Crippen LogP contribution < -0.4 is 87.8 Å². The molecule has 9 rings (SSSR count). The van der Waals surface area contributed by atoms with Crippen LogP contribution in [0.1, 0.15) is 50.4 Å². The monoisotopic (exact) mass is 834 g/mol. The van der Waals surface area contributed by atoms with Crippen molar-refractivity contribution in [1.29, 1.82) is 0 Å². The predicted molar refractivity (Wildman–Crippen MR) is 208 cm³/mol. The molecular formula is C43H41N4Na2O9P. The van der Waals surface area contributed by atoms with Gasteiger partial charge in [-0.1, -0.05) is 42.5 Å². The number of fused-ring (bicyclic) bond motifs is 3. The van der Waals surface area contributed by atoms with Crippen molar-refractivity contribution in [2.45, 2.75) is 44.8 Å². The van der Waals surface area contributed by atoms with Gasteiger partial charge in [0.05, 0.1) is 24.3 Å². The molecule has 0 bridgehead atoms. The van der Waals surface area contributed by atoms with Crippen molar-refractivity contribution in [3.05, 3.63) is 125 Å². The van der Waals surface area contributed by atoms with Gasteiger partial charge in [-0.05, 0) is 91.4 Å². The molecule has 1 atom stereocenters. The van der Waals surface area contributed by atoms with E-state index < -0.39 is 7.82 Å². The van der Waals surface area contributed by atoms with Crippen molar-refractivity contribution < 1.29 is 102 Å². The minimum Gasteiger partial charge on any atom is -0.780 e. The predicted octanol–water partition coefficient (Wildman–Crippen LogP) is -0.687. The van der Waals surface area contributed by atoms with Gasteiger partial charge >= 0.3 is 59.1 Å². The van der Waals surface area contributed by atoms with Crippen LogP contribution in [0.2, 0.25) is 0 Å². The molecule has 294 valence electrons. The Kier molecular flexibility index (Phi) is 13.8. The van der Waals surface area contributed by atoms with E-state index in [9.17, 15) is 19.1 Å². The van der Waals surface area contributed by atoms with E-state index in [1.807, 2.05) is 53.4 Å². The minimum atomic E-state index is -5.28. The number of hydrogen-bond acceptors (Lipinski definition) is 10. The Balaban J connectivity index is 0.00000264. The molecule has 0 N–H and O–H groups in total. The van der Waals surface area contributed by atoms with Crippen LogP contribution in [0.3, 0.4) is 0 Å².